The molecule has 1 fully saturated rings. The minimum atomic E-state index is -0.619. The zero-order valence-electron chi connectivity index (χ0n) is 15.3. The molecule has 0 saturated carbocycles. The first-order valence-corrected chi connectivity index (χ1v) is 10.1. The van der Waals surface area contributed by atoms with Gasteiger partial charge >= 0.3 is 0 Å². The van der Waals surface area contributed by atoms with Gasteiger partial charge in [-0.15, -0.1) is 11.3 Å². The van der Waals surface area contributed by atoms with Gasteiger partial charge in [0.2, 0.25) is 5.78 Å². The van der Waals surface area contributed by atoms with E-state index in [1.54, 1.807) is 46.9 Å². The van der Waals surface area contributed by atoms with E-state index in [1.807, 2.05) is 0 Å². The molecule has 0 radical (unpaired) electrons. The molecule has 1 amide bonds. The van der Waals surface area contributed by atoms with E-state index < -0.39 is 17.7 Å². The number of hydrogen-bond donors (Lipinski definition) is 1. The van der Waals surface area contributed by atoms with Crippen molar-refractivity contribution >= 4 is 23.0 Å². The maximum absolute atomic E-state index is 13.1. The lowest BCUT2D eigenvalue weighted by atomic mass is 9.96. The Morgan fingerprint density at radius 2 is 1.96 bits per heavy atom. The first-order valence-electron chi connectivity index (χ1n) is 9.19. The Bertz CT molecular complexity index is 876. The number of hydrogen-bond acceptors (Lipinski definition) is 7. The summed E-state index contributed by atoms with van der Waals surface area (Å²) < 4.78 is 5.37. The molecule has 4 heterocycles. The van der Waals surface area contributed by atoms with Gasteiger partial charge in [0.25, 0.3) is 5.91 Å². The van der Waals surface area contributed by atoms with E-state index in [-0.39, 0.29) is 11.4 Å². The van der Waals surface area contributed by atoms with Gasteiger partial charge in [0.05, 0.1) is 29.7 Å². The number of pyridine rings is 1. The number of aliphatic hydroxyl groups excluding tert-OH is 1. The molecule has 4 rings (SSSR count). The summed E-state index contributed by atoms with van der Waals surface area (Å²) in [5.41, 5.74) is 0.898. The number of ether oxygens (including phenoxy) is 1. The summed E-state index contributed by atoms with van der Waals surface area (Å²) in [7, 11) is 0. The van der Waals surface area contributed by atoms with Gasteiger partial charge in [-0.05, 0) is 29.1 Å². The standard InChI is InChI=1S/C20H21N3O4S/c24-18(15-2-1-13-28-15)16-17(14-3-5-21-6-4-14)23(20(26)19(16)25)8-7-22-9-11-27-12-10-22/h1-6,13,17,25H,7-12H2/t17-/m1/s1. The zero-order valence-corrected chi connectivity index (χ0v) is 16.1. The van der Waals surface area contributed by atoms with Gasteiger partial charge in [-0.2, -0.15) is 0 Å². The van der Waals surface area contributed by atoms with Gasteiger partial charge in [0.1, 0.15) is 0 Å². The number of morpholine rings is 1. The van der Waals surface area contributed by atoms with E-state index in [2.05, 4.69) is 9.88 Å². The number of amides is 1. The van der Waals surface area contributed by atoms with Crippen LogP contribution in [0.25, 0.3) is 0 Å². The lowest BCUT2D eigenvalue weighted by Crippen LogP contribution is -2.43. The molecule has 1 saturated heterocycles. The molecule has 8 heteroatoms. The van der Waals surface area contributed by atoms with Crippen LogP contribution >= 0.6 is 11.3 Å². The van der Waals surface area contributed by atoms with Crippen molar-refractivity contribution < 1.29 is 19.4 Å². The van der Waals surface area contributed by atoms with E-state index in [4.69, 9.17) is 4.74 Å². The topological polar surface area (TPSA) is 83.0 Å². The Kier molecular flexibility index (Phi) is 5.52. The van der Waals surface area contributed by atoms with E-state index in [1.165, 1.54) is 11.3 Å². The second-order valence-electron chi connectivity index (χ2n) is 6.70. The first-order chi connectivity index (χ1) is 13.7. The Morgan fingerprint density at radius 3 is 2.64 bits per heavy atom. The van der Waals surface area contributed by atoms with Crippen LogP contribution in [-0.4, -0.2) is 71.0 Å². The van der Waals surface area contributed by atoms with Gasteiger partial charge in [-0.3, -0.25) is 19.5 Å². The number of thiophene rings is 1. The highest BCUT2D eigenvalue weighted by Gasteiger charge is 2.43. The number of carbonyl (C=O) groups excluding carboxylic acids is 2. The van der Waals surface area contributed by atoms with Gasteiger partial charge < -0.3 is 14.7 Å². The molecule has 0 aromatic carbocycles. The normalized spacial score (nSPS) is 20.8. The van der Waals surface area contributed by atoms with Crippen LogP contribution in [0.3, 0.4) is 0 Å². The SMILES string of the molecule is O=C(C1=C(O)C(=O)N(CCN2CCOCC2)[C@@H]1c1ccncc1)c1cccs1. The number of Topliss-reactive ketones (excluding diaryl/α,β-unsaturated/α-hetero) is 1. The Labute approximate surface area is 166 Å². The fraction of sp³-hybridized carbons (Fsp3) is 0.350. The van der Waals surface area contributed by atoms with Crippen molar-refractivity contribution in [3.8, 4) is 0 Å². The summed E-state index contributed by atoms with van der Waals surface area (Å²) in [5.74, 6) is -1.27. The molecule has 0 unspecified atom stereocenters. The summed E-state index contributed by atoms with van der Waals surface area (Å²) in [4.78, 5) is 34.3. The van der Waals surface area contributed by atoms with Gasteiger partial charge in [-0.1, -0.05) is 6.07 Å². The third kappa shape index (κ3) is 3.58. The fourth-order valence-corrected chi connectivity index (χ4v) is 4.30. The number of rotatable bonds is 6. The van der Waals surface area contributed by atoms with Crippen LogP contribution in [0, 0.1) is 0 Å². The molecule has 2 aromatic heterocycles. The van der Waals surface area contributed by atoms with E-state index in [0.29, 0.717) is 31.2 Å². The maximum Gasteiger partial charge on any atom is 0.290 e. The minimum Gasteiger partial charge on any atom is -0.503 e. The van der Waals surface area contributed by atoms with Crippen molar-refractivity contribution in [2.24, 2.45) is 0 Å². The van der Waals surface area contributed by atoms with E-state index >= 15 is 0 Å². The highest BCUT2D eigenvalue weighted by atomic mass is 32.1. The van der Waals surface area contributed by atoms with Gasteiger partial charge in [0.15, 0.2) is 5.76 Å². The lowest BCUT2D eigenvalue weighted by molar-refractivity contribution is -0.129. The predicted octanol–water partition coefficient (Wildman–Crippen LogP) is 2.05. The van der Waals surface area contributed by atoms with Crippen molar-refractivity contribution in [3.63, 3.8) is 0 Å². The number of aliphatic hydroxyl groups is 1. The van der Waals surface area contributed by atoms with Crippen molar-refractivity contribution in [1.82, 2.24) is 14.8 Å². The molecule has 0 spiro atoms. The van der Waals surface area contributed by atoms with Crippen LogP contribution in [0.4, 0.5) is 0 Å². The van der Waals surface area contributed by atoms with Crippen LogP contribution in [0.15, 0.2) is 53.4 Å². The monoisotopic (exact) mass is 399 g/mol. The van der Waals surface area contributed by atoms with Gasteiger partial charge in [0, 0.05) is 38.6 Å². The van der Waals surface area contributed by atoms with E-state index in [0.717, 1.165) is 18.7 Å². The third-order valence-electron chi connectivity index (χ3n) is 5.08. The van der Waals surface area contributed by atoms with Crippen LogP contribution in [0.1, 0.15) is 21.3 Å². The Balaban J connectivity index is 1.64. The lowest BCUT2D eigenvalue weighted by Gasteiger charge is -2.31. The molecule has 2 aromatic rings. The van der Waals surface area contributed by atoms with Gasteiger partial charge in [-0.25, -0.2) is 0 Å². The van der Waals surface area contributed by atoms with Crippen LogP contribution in [0.2, 0.25) is 0 Å². The summed E-state index contributed by atoms with van der Waals surface area (Å²) >= 11 is 1.30. The second-order valence-corrected chi connectivity index (χ2v) is 7.65. The average molecular weight is 399 g/mol. The number of aromatic nitrogens is 1. The summed E-state index contributed by atoms with van der Waals surface area (Å²) in [6.07, 6.45) is 3.26. The number of ketones is 1. The van der Waals surface area contributed by atoms with Crippen LogP contribution in [-0.2, 0) is 9.53 Å². The first kappa shape index (κ1) is 18.8. The molecule has 2 aliphatic heterocycles. The fourth-order valence-electron chi connectivity index (χ4n) is 3.62. The van der Waals surface area contributed by atoms with Crippen molar-refractivity contribution in [2.45, 2.75) is 6.04 Å². The molecule has 146 valence electrons. The summed E-state index contributed by atoms with van der Waals surface area (Å²) in [6, 6.07) is 6.42. The number of nitrogens with zero attached hydrogens (tertiary/aromatic N) is 3. The van der Waals surface area contributed by atoms with E-state index in [9.17, 15) is 14.7 Å². The highest BCUT2D eigenvalue weighted by Crippen LogP contribution is 2.39. The van der Waals surface area contributed by atoms with Crippen LogP contribution in [0.5, 0.6) is 0 Å². The molecule has 0 bridgehead atoms. The second kappa shape index (κ2) is 8.22. The minimum absolute atomic E-state index is 0.139. The quantitative estimate of drug-likeness (QED) is 0.749. The highest BCUT2D eigenvalue weighted by molar-refractivity contribution is 7.12. The molecular formula is C20H21N3O4S. The smallest absolute Gasteiger partial charge is 0.290 e. The summed E-state index contributed by atoms with van der Waals surface area (Å²) in [6.45, 7) is 4.03. The maximum atomic E-state index is 13.1. The summed E-state index contributed by atoms with van der Waals surface area (Å²) in [5, 5.41) is 12.4. The largest absolute Gasteiger partial charge is 0.503 e. The molecule has 7 nitrogen and oxygen atoms in total. The zero-order chi connectivity index (χ0) is 19.5. The van der Waals surface area contributed by atoms with Crippen molar-refractivity contribution in [3.05, 3.63) is 63.8 Å². The average Bonchev–Trinajstić information content (AvgIpc) is 3.36. The number of carbonyl (C=O) groups is 2. The molecule has 28 heavy (non-hydrogen) atoms. The molecule has 0 aliphatic carbocycles. The van der Waals surface area contributed by atoms with Crippen molar-refractivity contribution in [1.29, 1.82) is 0 Å². The molecule has 2 aliphatic rings. The van der Waals surface area contributed by atoms with Crippen molar-refractivity contribution in [2.75, 3.05) is 39.4 Å². The third-order valence-corrected chi connectivity index (χ3v) is 5.94. The Hall–Kier alpha value is -2.55. The predicted molar refractivity (Wildman–Crippen MR) is 104 cm³/mol. The molecule has 1 N–H and O–H groups in total. The Morgan fingerprint density at radius 1 is 1.21 bits per heavy atom. The van der Waals surface area contributed by atoms with Crippen LogP contribution < -0.4 is 0 Å². The molecular weight excluding hydrogens is 378 g/mol. The molecule has 1 atom stereocenters.